The van der Waals surface area contributed by atoms with Crippen molar-refractivity contribution in [1.29, 1.82) is 0 Å². The summed E-state index contributed by atoms with van der Waals surface area (Å²) >= 11 is 6.40. The van der Waals surface area contributed by atoms with Crippen molar-refractivity contribution in [2.24, 2.45) is 5.92 Å². The summed E-state index contributed by atoms with van der Waals surface area (Å²) in [6.07, 6.45) is 2.70. The summed E-state index contributed by atoms with van der Waals surface area (Å²) in [5, 5.41) is 3.53. The Morgan fingerprint density at radius 2 is 1.77 bits per heavy atom. The van der Waals surface area contributed by atoms with E-state index in [9.17, 15) is 14.4 Å². The van der Waals surface area contributed by atoms with Crippen molar-refractivity contribution >= 4 is 34.6 Å². The van der Waals surface area contributed by atoms with Crippen LogP contribution >= 0.6 is 11.6 Å². The molecule has 1 aliphatic carbocycles. The fourth-order valence-corrected chi connectivity index (χ4v) is 3.83. The van der Waals surface area contributed by atoms with E-state index in [1.54, 1.807) is 40.7 Å². The number of benzene rings is 1. The van der Waals surface area contributed by atoms with Crippen molar-refractivity contribution in [3.63, 3.8) is 0 Å². The second-order valence-corrected chi connectivity index (χ2v) is 9.53. The Labute approximate surface area is 186 Å². The lowest BCUT2D eigenvalue weighted by atomic mass is 9.90. The molecule has 1 atom stereocenters. The molecule has 3 rings (SSSR count). The Bertz CT molecular complexity index is 1070. The Morgan fingerprint density at radius 1 is 1.13 bits per heavy atom. The number of alkyl carbamates (subject to hydrolysis) is 1. The van der Waals surface area contributed by atoms with Gasteiger partial charge in [0.15, 0.2) is 5.75 Å². The van der Waals surface area contributed by atoms with Gasteiger partial charge in [-0.25, -0.2) is 14.4 Å². The standard InChI is InChI=1S/C23H28ClNO6/c1-12(2)19(25-22(28)31-23(3,4)5)21(27)30-18-11-17-15(10-16(18)24)13-8-6-7-9-14(13)20(26)29-17/h10-12,19H,6-9H2,1-5H3,(H,25,28). The lowest BCUT2D eigenvalue weighted by molar-refractivity contribution is -0.137. The summed E-state index contributed by atoms with van der Waals surface area (Å²) in [7, 11) is 0. The van der Waals surface area contributed by atoms with Crippen LogP contribution in [-0.2, 0) is 22.4 Å². The van der Waals surface area contributed by atoms with Crippen LogP contribution in [0.25, 0.3) is 11.0 Å². The van der Waals surface area contributed by atoms with Crippen molar-refractivity contribution in [3.05, 3.63) is 38.7 Å². The van der Waals surface area contributed by atoms with Gasteiger partial charge in [0.2, 0.25) is 0 Å². The molecule has 0 bridgehead atoms. The molecule has 7 nitrogen and oxygen atoms in total. The van der Waals surface area contributed by atoms with E-state index in [1.165, 1.54) is 6.07 Å². The van der Waals surface area contributed by atoms with Crippen LogP contribution in [0.2, 0.25) is 5.02 Å². The highest BCUT2D eigenvalue weighted by Gasteiger charge is 2.29. The molecule has 1 N–H and O–H groups in total. The third-order valence-corrected chi connectivity index (χ3v) is 5.37. The molecule has 0 aliphatic heterocycles. The predicted molar refractivity (Wildman–Crippen MR) is 118 cm³/mol. The number of hydrogen-bond donors (Lipinski definition) is 1. The maximum atomic E-state index is 12.8. The van der Waals surface area contributed by atoms with Gasteiger partial charge in [-0.3, -0.25) is 0 Å². The Hall–Kier alpha value is -2.54. The van der Waals surface area contributed by atoms with Gasteiger partial charge < -0.3 is 19.2 Å². The molecule has 8 heteroatoms. The molecule has 2 aromatic rings. The lowest BCUT2D eigenvalue weighted by Gasteiger charge is -2.24. The van der Waals surface area contributed by atoms with Crippen LogP contribution in [-0.4, -0.2) is 23.7 Å². The van der Waals surface area contributed by atoms with Crippen LogP contribution < -0.4 is 15.7 Å². The maximum Gasteiger partial charge on any atom is 0.408 e. The van der Waals surface area contributed by atoms with Gasteiger partial charge in [0.1, 0.15) is 17.2 Å². The Balaban J connectivity index is 1.87. The molecule has 1 unspecified atom stereocenters. The zero-order chi connectivity index (χ0) is 22.9. The molecule has 0 radical (unpaired) electrons. The SMILES string of the molecule is CC(C)C(NC(=O)OC(C)(C)C)C(=O)Oc1cc2oc(=O)c3c(c2cc1Cl)CCCC3. The maximum absolute atomic E-state index is 12.8. The molecule has 1 aromatic carbocycles. The van der Waals surface area contributed by atoms with Crippen LogP contribution in [0.1, 0.15) is 58.6 Å². The van der Waals surface area contributed by atoms with E-state index < -0.39 is 23.7 Å². The van der Waals surface area contributed by atoms with Crippen molar-refractivity contribution in [2.45, 2.75) is 71.9 Å². The summed E-state index contributed by atoms with van der Waals surface area (Å²) in [6.45, 7) is 8.75. The van der Waals surface area contributed by atoms with Crippen LogP contribution in [0.15, 0.2) is 21.3 Å². The molecule has 1 aliphatic rings. The number of amides is 1. The molecule has 0 saturated carbocycles. The van der Waals surface area contributed by atoms with Gasteiger partial charge in [0.25, 0.3) is 0 Å². The van der Waals surface area contributed by atoms with E-state index in [0.717, 1.165) is 30.2 Å². The second-order valence-electron chi connectivity index (χ2n) is 9.12. The van der Waals surface area contributed by atoms with Crippen molar-refractivity contribution < 1.29 is 23.5 Å². The molecule has 0 spiro atoms. The lowest BCUT2D eigenvalue weighted by Crippen LogP contribution is -2.48. The van der Waals surface area contributed by atoms with Crippen LogP contribution in [0.5, 0.6) is 5.75 Å². The van der Waals surface area contributed by atoms with Gasteiger partial charge in [0.05, 0.1) is 5.02 Å². The molecule has 1 aromatic heterocycles. The first kappa shape index (κ1) is 23.1. The number of carbonyl (C=O) groups is 2. The highest BCUT2D eigenvalue weighted by Crippen LogP contribution is 2.34. The van der Waals surface area contributed by atoms with Gasteiger partial charge in [-0.2, -0.15) is 0 Å². The minimum atomic E-state index is -0.947. The first-order chi connectivity index (χ1) is 14.5. The summed E-state index contributed by atoms with van der Waals surface area (Å²) in [5.74, 6) is -0.888. The van der Waals surface area contributed by atoms with Gasteiger partial charge in [-0.1, -0.05) is 25.4 Å². The first-order valence-corrected chi connectivity index (χ1v) is 10.8. The topological polar surface area (TPSA) is 94.8 Å². The second kappa shape index (κ2) is 8.91. The molecule has 0 fully saturated rings. The molecular weight excluding hydrogens is 422 g/mol. The fraction of sp³-hybridized carbons (Fsp3) is 0.522. The third-order valence-electron chi connectivity index (χ3n) is 5.08. The van der Waals surface area contributed by atoms with E-state index >= 15 is 0 Å². The van der Waals surface area contributed by atoms with Crippen LogP contribution in [0.3, 0.4) is 0 Å². The fourth-order valence-electron chi connectivity index (χ4n) is 3.63. The molecule has 1 heterocycles. The largest absolute Gasteiger partial charge is 0.444 e. The molecule has 1 amide bonds. The van der Waals surface area contributed by atoms with Crippen molar-refractivity contribution in [2.75, 3.05) is 0 Å². The summed E-state index contributed by atoms with van der Waals surface area (Å²) < 4.78 is 16.2. The molecular formula is C23H28ClNO6. The number of esters is 1. The number of halogens is 1. The number of ether oxygens (including phenoxy) is 2. The number of fused-ring (bicyclic) bond motifs is 3. The van der Waals surface area contributed by atoms with Gasteiger partial charge in [-0.15, -0.1) is 0 Å². The quantitative estimate of drug-likeness (QED) is 0.410. The van der Waals surface area contributed by atoms with Gasteiger partial charge in [0, 0.05) is 17.0 Å². The third kappa shape index (κ3) is 5.39. The van der Waals surface area contributed by atoms with E-state index in [0.29, 0.717) is 17.6 Å². The number of aryl methyl sites for hydroxylation is 1. The molecule has 31 heavy (non-hydrogen) atoms. The average molecular weight is 450 g/mol. The number of hydrogen-bond acceptors (Lipinski definition) is 6. The number of nitrogens with one attached hydrogen (secondary N) is 1. The van der Waals surface area contributed by atoms with E-state index in [2.05, 4.69) is 5.32 Å². The molecule has 168 valence electrons. The normalized spacial score (nSPS) is 14.8. The van der Waals surface area contributed by atoms with Crippen molar-refractivity contribution in [1.82, 2.24) is 5.32 Å². The minimum Gasteiger partial charge on any atom is -0.444 e. The highest BCUT2D eigenvalue weighted by molar-refractivity contribution is 6.33. The van der Waals surface area contributed by atoms with Gasteiger partial charge in [-0.05, 0) is 64.0 Å². The van der Waals surface area contributed by atoms with E-state index in [-0.39, 0.29) is 22.3 Å². The Morgan fingerprint density at radius 3 is 2.39 bits per heavy atom. The minimum absolute atomic E-state index is 0.0646. The highest BCUT2D eigenvalue weighted by atomic mass is 35.5. The summed E-state index contributed by atoms with van der Waals surface area (Å²) in [6, 6.07) is 2.17. The van der Waals surface area contributed by atoms with Crippen molar-refractivity contribution in [3.8, 4) is 5.75 Å². The zero-order valence-electron chi connectivity index (χ0n) is 18.5. The van der Waals surface area contributed by atoms with Gasteiger partial charge >= 0.3 is 17.7 Å². The van der Waals surface area contributed by atoms with Crippen LogP contribution in [0, 0.1) is 5.92 Å². The van der Waals surface area contributed by atoms with E-state index in [4.69, 9.17) is 25.5 Å². The smallest absolute Gasteiger partial charge is 0.408 e. The predicted octanol–water partition coefficient (Wildman–Crippen LogP) is 4.78. The number of carbonyl (C=O) groups excluding carboxylic acids is 2. The summed E-state index contributed by atoms with van der Waals surface area (Å²) in [4.78, 5) is 37.3. The summed E-state index contributed by atoms with van der Waals surface area (Å²) in [5.41, 5.74) is 0.894. The van der Waals surface area contributed by atoms with Crippen LogP contribution in [0.4, 0.5) is 4.79 Å². The van der Waals surface area contributed by atoms with E-state index in [1.807, 2.05) is 0 Å². The first-order valence-electron chi connectivity index (χ1n) is 10.5. The molecule has 0 saturated heterocycles. The number of rotatable bonds is 4. The monoisotopic (exact) mass is 449 g/mol. The average Bonchev–Trinajstić information content (AvgIpc) is 2.66. The Kier molecular flexibility index (Phi) is 6.65. The zero-order valence-corrected chi connectivity index (χ0v) is 19.2.